The van der Waals surface area contributed by atoms with E-state index in [9.17, 15) is 10.1 Å². The zero-order chi connectivity index (χ0) is 10.3. The first-order chi connectivity index (χ1) is 6.59. The Morgan fingerprint density at radius 1 is 1.64 bits per heavy atom. The monoisotopic (exact) mass is 194 g/mol. The fourth-order valence-electron chi connectivity index (χ4n) is 1.65. The van der Waals surface area contributed by atoms with Crippen LogP contribution in [-0.4, -0.2) is 11.5 Å². The van der Waals surface area contributed by atoms with Gasteiger partial charge in [-0.1, -0.05) is 0 Å². The summed E-state index contributed by atoms with van der Waals surface area (Å²) in [4.78, 5) is 10.3. The molecule has 0 fully saturated rings. The molecule has 0 saturated carbocycles. The zero-order valence-corrected chi connectivity index (χ0v) is 7.69. The van der Waals surface area contributed by atoms with E-state index in [1.165, 1.54) is 6.07 Å². The summed E-state index contributed by atoms with van der Waals surface area (Å²) in [5.41, 5.74) is 7.09. The third-order valence-corrected chi connectivity index (χ3v) is 2.25. The number of rotatable bonds is 1. The Morgan fingerprint density at radius 3 is 3.00 bits per heavy atom. The smallest absolute Gasteiger partial charge is 0.278 e. The minimum absolute atomic E-state index is 0.0602. The Labute approximate surface area is 80.6 Å². The molecule has 5 heteroatoms. The van der Waals surface area contributed by atoms with E-state index >= 15 is 0 Å². The second-order valence-electron chi connectivity index (χ2n) is 3.37. The van der Waals surface area contributed by atoms with Gasteiger partial charge in [0.25, 0.3) is 5.69 Å². The van der Waals surface area contributed by atoms with E-state index in [0.717, 1.165) is 5.56 Å². The van der Waals surface area contributed by atoms with Crippen molar-refractivity contribution in [1.29, 1.82) is 0 Å². The van der Waals surface area contributed by atoms with Crippen molar-refractivity contribution in [1.82, 2.24) is 0 Å². The zero-order valence-electron chi connectivity index (χ0n) is 7.69. The van der Waals surface area contributed by atoms with E-state index < -0.39 is 4.92 Å². The molecule has 1 aromatic rings. The number of aryl methyl sites for hydroxylation is 1. The van der Waals surface area contributed by atoms with Crippen molar-refractivity contribution < 1.29 is 9.66 Å². The molecule has 5 nitrogen and oxygen atoms in total. The highest BCUT2D eigenvalue weighted by atomic mass is 16.6. The van der Waals surface area contributed by atoms with Gasteiger partial charge in [0.05, 0.1) is 16.5 Å². The van der Waals surface area contributed by atoms with E-state index in [-0.39, 0.29) is 11.7 Å². The van der Waals surface area contributed by atoms with Crippen LogP contribution in [0.15, 0.2) is 12.1 Å². The van der Waals surface area contributed by atoms with Gasteiger partial charge in [-0.15, -0.1) is 0 Å². The van der Waals surface area contributed by atoms with Gasteiger partial charge in [-0.25, -0.2) is 0 Å². The summed E-state index contributed by atoms with van der Waals surface area (Å²) >= 11 is 0. The summed E-state index contributed by atoms with van der Waals surface area (Å²) < 4.78 is 5.25. The Balaban J connectivity index is 2.65. The molecule has 1 unspecified atom stereocenters. The highest BCUT2D eigenvalue weighted by Gasteiger charge is 2.30. The fraction of sp³-hybridized carbons (Fsp3) is 0.333. The van der Waals surface area contributed by atoms with Gasteiger partial charge in [0.1, 0.15) is 12.4 Å². The fourth-order valence-corrected chi connectivity index (χ4v) is 1.65. The molecule has 1 aromatic carbocycles. The number of ether oxygens (including phenoxy) is 1. The Kier molecular flexibility index (Phi) is 1.89. The predicted molar refractivity (Wildman–Crippen MR) is 50.3 cm³/mol. The average Bonchev–Trinajstić information content (AvgIpc) is 2.46. The molecular weight excluding hydrogens is 184 g/mol. The van der Waals surface area contributed by atoms with Crippen LogP contribution in [0.1, 0.15) is 17.2 Å². The van der Waals surface area contributed by atoms with Crippen molar-refractivity contribution in [2.75, 3.05) is 6.61 Å². The number of nitrogens with zero attached hydrogens (tertiary/aromatic N) is 1. The average molecular weight is 194 g/mol. The lowest BCUT2D eigenvalue weighted by Crippen LogP contribution is -2.12. The van der Waals surface area contributed by atoms with Crippen LogP contribution in [0.5, 0.6) is 5.75 Å². The van der Waals surface area contributed by atoms with Gasteiger partial charge < -0.3 is 10.5 Å². The Bertz CT molecular complexity index is 403. The first-order valence-corrected chi connectivity index (χ1v) is 4.27. The number of benzene rings is 1. The highest BCUT2D eigenvalue weighted by Crippen LogP contribution is 2.38. The molecule has 0 aromatic heterocycles. The molecule has 0 spiro atoms. The van der Waals surface area contributed by atoms with Gasteiger partial charge in [-0.3, -0.25) is 10.1 Å². The number of nitro benzene ring substituents is 1. The molecular formula is C9H10N2O3. The molecule has 0 bridgehead atoms. The summed E-state index contributed by atoms with van der Waals surface area (Å²) in [6.07, 6.45) is 0. The summed E-state index contributed by atoms with van der Waals surface area (Å²) in [6.45, 7) is 2.11. The van der Waals surface area contributed by atoms with Crippen molar-refractivity contribution in [3.63, 3.8) is 0 Å². The summed E-state index contributed by atoms with van der Waals surface area (Å²) in [7, 11) is 0. The maximum atomic E-state index is 10.8. The maximum Gasteiger partial charge on any atom is 0.278 e. The van der Waals surface area contributed by atoms with E-state index in [4.69, 9.17) is 10.5 Å². The van der Waals surface area contributed by atoms with Crippen molar-refractivity contribution >= 4 is 5.69 Å². The molecule has 0 radical (unpaired) electrons. The second kappa shape index (κ2) is 2.95. The van der Waals surface area contributed by atoms with E-state index in [0.29, 0.717) is 17.9 Å². The number of nitro groups is 1. The van der Waals surface area contributed by atoms with Crippen LogP contribution in [0.4, 0.5) is 5.69 Å². The standard InChI is InChI=1S/C9H10N2O3/c1-5-2-7(11(12)13)9-6(10)4-14-8(9)3-5/h2-3,6H,4,10H2,1H3. The van der Waals surface area contributed by atoms with Crippen LogP contribution in [0.3, 0.4) is 0 Å². The van der Waals surface area contributed by atoms with Gasteiger partial charge >= 0.3 is 0 Å². The third kappa shape index (κ3) is 1.22. The molecule has 0 saturated heterocycles. The SMILES string of the molecule is Cc1cc2c(c([N+](=O)[O-])c1)C(N)CO2. The Morgan fingerprint density at radius 2 is 2.36 bits per heavy atom. The summed E-state index contributed by atoms with van der Waals surface area (Å²) in [6, 6.07) is 2.91. The predicted octanol–water partition coefficient (Wildman–Crippen LogP) is 1.30. The van der Waals surface area contributed by atoms with Crippen molar-refractivity contribution in [3.8, 4) is 5.75 Å². The minimum atomic E-state index is -0.416. The number of hydrogen-bond acceptors (Lipinski definition) is 4. The van der Waals surface area contributed by atoms with Crippen LogP contribution < -0.4 is 10.5 Å². The van der Waals surface area contributed by atoms with Crippen LogP contribution >= 0.6 is 0 Å². The molecule has 74 valence electrons. The van der Waals surface area contributed by atoms with Crippen LogP contribution in [0.2, 0.25) is 0 Å². The van der Waals surface area contributed by atoms with Crippen molar-refractivity contribution in [2.45, 2.75) is 13.0 Å². The molecule has 1 atom stereocenters. The normalized spacial score (nSPS) is 18.9. The van der Waals surface area contributed by atoms with Gasteiger partial charge in [0, 0.05) is 6.07 Å². The van der Waals surface area contributed by atoms with Crippen LogP contribution in [0.25, 0.3) is 0 Å². The summed E-state index contributed by atoms with van der Waals surface area (Å²) in [5.74, 6) is 0.546. The number of hydrogen-bond donors (Lipinski definition) is 1. The largest absolute Gasteiger partial charge is 0.491 e. The van der Waals surface area contributed by atoms with E-state index in [2.05, 4.69) is 0 Å². The molecule has 1 heterocycles. The van der Waals surface area contributed by atoms with Crippen LogP contribution in [-0.2, 0) is 0 Å². The van der Waals surface area contributed by atoms with Gasteiger partial charge in [0.2, 0.25) is 0 Å². The quantitative estimate of drug-likeness (QED) is 0.539. The lowest BCUT2D eigenvalue weighted by atomic mass is 10.0. The molecule has 0 aliphatic carbocycles. The van der Waals surface area contributed by atoms with E-state index in [1.54, 1.807) is 13.0 Å². The Hall–Kier alpha value is -1.62. The molecule has 0 amide bonds. The first kappa shape index (κ1) is 8.96. The lowest BCUT2D eigenvalue weighted by Gasteiger charge is -2.03. The molecule has 2 rings (SSSR count). The van der Waals surface area contributed by atoms with Crippen molar-refractivity contribution in [2.24, 2.45) is 5.73 Å². The second-order valence-corrected chi connectivity index (χ2v) is 3.37. The minimum Gasteiger partial charge on any atom is -0.491 e. The van der Waals surface area contributed by atoms with Crippen molar-refractivity contribution in [3.05, 3.63) is 33.4 Å². The summed E-state index contributed by atoms with van der Waals surface area (Å²) in [5, 5.41) is 10.8. The molecule has 1 aliphatic rings. The first-order valence-electron chi connectivity index (χ1n) is 4.27. The number of fused-ring (bicyclic) bond motifs is 1. The van der Waals surface area contributed by atoms with Gasteiger partial charge in [-0.2, -0.15) is 0 Å². The van der Waals surface area contributed by atoms with Crippen LogP contribution in [0, 0.1) is 17.0 Å². The lowest BCUT2D eigenvalue weighted by molar-refractivity contribution is -0.385. The van der Waals surface area contributed by atoms with Gasteiger partial charge in [0.15, 0.2) is 0 Å². The number of nitrogens with two attached hydrogens (primary N) is 1. The third-order valence-electron chi connectivity index (χ3n) is 2.25. The van der Waals surface area contributed by atoms with E-state index in [1.807, 2.05) is 0 Å². The molecule has 14 heavy (non-hydrogen) atoms. The molecule has 1 aliphatic heterocycles. The maximum absolute atomic E-state index is 10.8. The molecule has 2 N–H and O–H groups in total. The topological polar surface area (TPSA) is 78.4 Å². The van der Waals surface area contributed by atoms with Gasteiger partial charge in [-0.05, 0) is 18.6 Å². The highest BCUT2D eigenvalue weighted by molar-refractivity contribution is 5.55.